The van der Waals surface area contributed by atoms with Crippen molar-refractivity contribution in [3.8, 4) is 33.9 Å². The third-order valence-corrected chi connectivity index (χ3v) is 5.52. The predicted molar refractivity (Wildman–Crippen MR) is 131 cm³/mol. The van der Waals surface area contributed by atoms with E-state index in [2.05, 4.69) is 9.71 Å². The van der Waals surface area contributed by atoms with Crippen LogP contribution in [0.2, 0.25) is 0 Å². The number of aromatic nitrogens is 2. The number of fused-ring (bicyclic) bond motifs is 1. The zero-order valence-corrected chi connectivity index (χ0v) is 19.5. The summed E-state index contributed by atoms with van der Waals surface area (Å²) in [5.74, 6) is 1.36. The Morgan fingerprint density at radius 3 is 2.27 bits per heavy atom. The molecule has 0 saturated heterocycles. The van der Waals surface area contributed by atoms with Crippen molar-refractivity contribution in [1.82, 2.24) is 9.97 Å². The molecule has 3 aromatic carbocycles. The first-order chi connectivity index (χ1) is 15.9. The molecule has 0 atom stereocenters. The predicted octanol–water partition coefficient (Wildman–Crippen LogP) is 5.13. The third kappa shape index (κ3) is 5.23. The average Bonchev–Trinajstić information content (AvgIpc) is 2.79. The van der Waals surface area contributed by atoms with Gasteiger partial charge in [-0.3, -0.25) is 9.71 Å². The fraction of sp³-hybridized carbons (Fsp3) is 0.200. The molecule has 4 rings (SSSR count). The Labute approximate surface area is 193 Å². The van der Waals surface area contributed by atoms with E-state index < -0.39 is 10.0 Å². The number of sulfonamides is 1. The fourth-order valence-electron chi connectivity index (χ4n) is 3.55. The molecule has 0 unspecified atom stereocenters. The highest BCUT2D eigenvalue weighted by Crippen LogP contribution is 2.34. The average molecular weight is 464 g/mol. The molecule has 1 heterocycles. The highest BCUT2D eigenvalue weighted by atomic mass is 32.2. The quantitative estimate of drug-likeness (QED) is 0.389. The standard InChI is InChI=1S/C25H25N3O4S/c1-4-31-23-14-11-18(15-24(23)32-5-2)22-16-26-21-8-6-7-20(25(21)27-22)17-9-12-19(13-10-17)28-33(3,29)30/h6-16,28H,4-5H2,1-3H3. The second kappa shape index (κ2) is 9.46. The van der Waals surface area contributed by atoms with Crippen LogP contribution in [0.4, 0.5) is 5.69 Å². The highest BCUT2D eigenvalue weighted by molar-refractivity contribution is 7.92. The first-order valence-corrected chi connectivity index (χ1v) is 12.5. The number of nitrogens with one attached hydrogen (secondary N) is 1. The molecule has 0 spiro atoms. The number of hydrogen-bond acceptors (Lipinski definition) is 6. The first kappa shape index (κ1) is 22.5. The van der Waals surface area contributed by atoms with E-state index in [-0.39, 0.29) is 0 Å². The molecule has 0 bridgehead atoms. The Hall–Kier alpha value is -3.65. The zero-order chi connectivity index (χ0) is 23.4. The van der Waals surface area contributed by atoms with E-state index in [1.165, 1.54) is 0 Å². The van der Waals surface area contributed by atoms with Gasteiger partial charge in [0.2, 0.25) is 10.0 Å². The van der Waals surface area contributed by atoms with Gasteiger partial charge in [0, 0.05) is 16.8 Å². The van der Waals surface area contributed by atoms with Crippen LogP contribution in [-0.2, 0) is 10.0 Å². The van der Waals surface area contributed by atoms with Crippen molar-refractivity contribution in [1.29, 1.82) is 0 Å². The van der Waals surface area contributed by atoms with E-state index in [9.17, 15) is 8.42 Å². The van der Waals surface area contributed by atoms with Gasteiger partial charge in [0.1, 0.15) is 0 Å². The first-order valence-electron chi connectivity index (χ1n) is 10.6. The molecule has 7 nitrogen and oxygen atoms in total. The Balaban J connectivity index is 1.76. The molecule has 1 N–H and O–H groups in total. The molecule has 0 saturated carbocycles. The molecular formula is C25H25N3O4S. The van der Waals surface area contributed by atoms with Crippen molar-refractivity contribution in [3.63, 3.8) is 0 Å². The van der Waals surface area contributed by atoms with E-state index in [0.29, 0.717) is 36.1 Å². The lowest BCUT2D eigenvalue weighted by atomic mass is 10.0. The number of benzene rings is 3. The number of para-hydroxylation sites is 1. The maximum Gasteiger partial charge on any atom is 0.229 e. The van der Waals surface area contributed by atoms with Gasteiger partial charge in [0.25, 0.3) is 0 Å². The maximum absolute atomic E-state index is 11.5. The number of rotatable bonds is 8. The summed E-state index contributed by atoms with van der Waals surface area (Å²) in [5, 5.41) is 0. The van der Waals surface area contributed by atoms with Crippen molar-refractivity contribution < 1.29 is 17.9 Å². The summed E-state index contributed by atoms with van der Waals surface area (Å²) in [5.41, 5.74) is 5.44. The van der Waals surface area contributed by atoms with Gasteiger partial charge in [0.15, 0.2) is 11.5 Å². The van der Waals surface area contributed by atoms with Crippen molar-refractivity contribution in [2.75, 3.05) is 24.2 Å². The lowest BCUT2D eigenvalue weighted by molar-refractivity contribution is 0.288. The summed E-state index contributed by atoms with van der Waals surface area (Å²) in [6, 6.07) is 18.7. The van der Waals surface area contributed by atoms with Crippen LogP contribution < -0.4 is 14.2 Å². The van der Waals surface area contributed by atoms with E-state index in [4.69, 9.17) is 14.5 Å². The molecule has 8 heteroatoms. The van der Waals surface area contributed by atoms with E-state index in [0.717, 1.165) is 34.0 Å². The van der Waals surface area contributed by atoms with E-state index in [1.807, 2.05) is 62.4 Å². The van der Waals surface area contributed by atoms with Crippen LogP contribution in [0.25, 0.3) is 33.4 Å². The van der Waals surface area contributed by atoms with E-state index in [1.54, 1.807) is 18.3 Å². The Morgan fingerprint density at radius 2 is 1.58 bits per heavy atom. The number of anilines is 1. The minimum atomic E-state index is -3.33. The van der Waals surface area contributed by atoms with Gasteiger partial charge < -0.3 is 9.47 Å². The van der Waals surface area contributed by atoms with Gasteiger partial charge >= 0.3 is 0 Å². The monoisotopic (exact) mass is 463 g/mol. The summed E-state index contributed by atoms with van der Waals surface area (Å²) in [6.07, 6.45) is 2.87. The number of hydrogen-bond donors (Lipinski definition) is 1. The van der Waals surface area contributed by atoms with Crippen molar-refractivity contribution >= 4 is 26.7 Å². The molecule has 0 aliphatic rings. The van der Waals surface area contributed by atoms with Gasteiger partial charge in [-0.25, -0.2) is 13.4 Å². The van der Waals surface area contributed by atoms with Crippen molar-refractivity contribution in [2.45, 2.75) is 13.8 Å². The molecule has 1 aromatic heterocycles. The molecule has 0 aliphatic carbocycles. The Morgan fingerprint density at radius 1 is 0.879 bits per heavy atom. The summed E-state index contributed by atoms with van der Waals surface area (Å²) < 4.78 is 36.9. The summed E-state index contributed by atoms with van der Waals surface area (Å²) in [4.78, 5) is 9.53. The number of ether oxygens (including phenoxy) is 2. The maximum atomic E-state index is 11.5. The molecular weight excluding hydrogens is 438 g/mol. The van der Waals surface area contributed by atoms with Gasteiger partial charge in [0.05, 0.1) is 42.4 Å². The smallest absolute Gasteiger partial charge is 0.229 e. The lowest BCUT2D eigenvalue weighted by Crippen LogP contribution is -2.09. The van der Waals surface area contributed by atoms with Crippen LogP contribution in [0, 0.1) is 0 Å². The van der Waals surface area contributed by atoms with Crippen LogP contribution >= 0.6 is 0 Å². The van der Waals surface area contributed by atoms with Crippen LogP contribution in [0.1, 0.15) is 13.8 Å². The van der Waals surface area contributed by atoms with Gasteiger partial charge in [-0.2, -0.15) is 0 Å². The zero-order valence-electron chi connectivity index (χ0n) is 18.7. The van der Waals surface area contributed by atoms with Gasteiger partial charge in [-0.1, -0.05) is 24.3 Å². The normalized spacial score (nSPS) is 11.4. The largest absolute Gasteiger partial charge is 0.490 e. The second-order valence-electron chi connectivity index (χ2n) is 7.41. The Kier molecular flexibility index (Phi) is 6.46. The van der Waals surface area contributed by atoms with Crippen molar-refractivity contribution in [3.05, 3.63) is 66.9 Å². The summed E-state index contributed by atoms with van der Waals surface area (Å²) >= 11 is 0. The molecule has 0 amide bonds. The third-order valence-electron chi connectivity index (χ3n) is 4.91. The van der Waals surface area contributed by atoms with Crippen LogP contribution in [0.5, 0.6) is 11.5 Å². The van der Waals surface area contributed by atoms with Gasteiger partial charge in [-0.15, -0.1) is 0 Å². The fourth-order valence-corrected chi connectivity index (χ4v) is 4.11. The van der Waals surface area contributed by atoms with Crippen LogP contribution in [0.3, 0.4) is 0 Å². The molecule has 33 heavy (non-hydrogen) atoms. The minimum Gasteiger partial charge on any atom is -0.490 e. The molecule has 0 radical (unpaired) electrons. The SMILES string of the molecule is CCOc1ccc(-c2cnc3cccc(-c4ccc(NS(C)(=O)=O)cc4)c3n2)cc1OCC. The minimum absolute atomic E-state index is 0.506. The molecule has 0 fully saturated rings. The summed E-state index contributed by atoms with van der Waals surface area (Å²) in [7, 11) is -3.33. The number of nitrogens with zero attached hydrogens (tertiary/aromatic N) is 2. The highest BCUT2D eigenvalue weighted by Gasteiger charge is 2.12. The second-order valence-corrected chi connectivity index (χ2v) is 9.16. The lowest BCUT2D eigenvalue weighted by Gasteiger charge is -2.13. The van der Waals surface area contributed by atoms with Crippen LogP contribution in [-0.4, -0.2) is 37.9 Å². The van der Waals surface area contributed by atoms with E-state index >= 15 is 0 Å². The van der Waals surface area contributed by atoms with Crippen molar-refractivity contribution in [2.24, 2.45) is 0 Å². The van der Waals surface area contributed by atoms with Gasteiger partial charge in [-0.05, 0) is 55.8 Å². The Bertz CT molecular complexity index is 1390. The molecule has 4 aromatic rings. The van der Waals surface area contributed by atoms with Crippen LogP contribution in [0.15, 0.2) is 66.9 Å². The summed E-state index contributed by atoms with van der Waals surface area (Å²) in [6.45, 7) is 4.95. The molecule has 0 aliphatic heterocycles. The topological polar surface area (TPSA) is 90.4 Å². The molecule has 170 valence electrons.